The second-order valence-electron chi connectivity index (χ2n) is 3.53. The summed E-state index contributed by atoms with van der Waals surface area (Å²) >= 11 is 0. The number of hydrogen-bond acceptors (Lipinski definition) is 3. The van der Waals surface area contributed by atoms with Crippen LogP contribution in [0.1, 0.15) is 5.56 Å². The summed E-state index contributed by atoms with van der Waals surface area (Å²) in [6.07, 6.45) is -1.47. The Balaban J connectivity index is 1.93. The number of benzene rings is 1. The fourth-order valence-electron chi connectivity index (χ4n) is 1.37. The van der Waals surface area contributed by atoms with Crippen LogP contribution in [0.3, 0.4) is 0 Å². The van der Waals surface area contributed by atoms with E-state index in [9.17, 15) is 13.2 Å². The first-order valence-electron chi connectivity index (χ1n) is 5.18. The zero-order chi connectivity index (χ0) is 13.0. The van der Waals surface area contributed by atoms with Crippen LogP contribution in [-0.2, 0) is 12.7 Å². The predicted octanol–water partition coefficient (Wildman–Crippen LogP) is 2.38. The van der Waals surface area contributed by atoms with Crippen molar-refractivity contribution in [3.8, 4) is 5.75 Å². The molecule has 0 unspecified atom stereocenters. The van der Waals surface area contributed by atoms with Gasteiger partial charge in [0, 0.05) is 0 Å². The SMILES string of the molecule is FC(F)(F)c1cccc(OCCn2cncn2)c1. The van der Waals surface area contributed by atoms with Gasteiger partial charge in [-0.05, 0) is 18.2 Å². The zero-order valence-electron chi connectivity index (χ0n) is 9.26. The predicted molar refractivity (Wildman–Crippen MR) is 57.0 cm³/mol. The van der Waals surface area contributed by atoms with Gasteiger partial charge in [0.05, 0.1) is 12.1 Å². The van der Waals surface area contributed by atoms with Crippen LogP contribution < -0.4 is 4.74 Å². The van der Waals surface area contributed by atoms with E-state index in [0.29, 0.717) is 6.54 Å². The van der Waals surface area contributed by atoms with Crippen LogP contribution in [-0.4, -0.2) is 21.4 Å². The number of alkyl halides is 3. The van der Waals surface area contributed by atoms with Crippen LogP contribution in [0.5, 0.6) is 5.75 Å². The number of ether oxygens (including phenoxy) is 1. The average molecular weight is 257 g/mol. The molecular weight excluding hydrogens is 247 g/mol. The number of aromatic nitrogens is 3. The summed E-state index contributed by atoms with van der Waals surface area (Å²) in [5.41, 5.74) is -0.722. The molecule has 1 aromatic carbocycles. The Morgan fingerprint density at radius 1 is 1.28 bits per heavy atom. The highest BCUT2D eigenvalue weighted by Crippen LogP contribution is 2.31. The third-order valence-corrected chi connectivity index (χ3v) is 2.22. The Bertz CT molecular complexity index is 496. The van der Waals surface area contributed by atoms with Crippen molar-refractivity contribution in [3.63, 3.8) is 0 Å². The molecule has 0 aliphatic carbocycles. The fraction of sp³-hybridized carbons (Fsp3) is 0.273. The molecule has 0 radical (unpaired) electrons. The second kappa shape index (κ2) is 5.07. The van der Waals surface area contributed by atoms with Gasteiger partial charge in [-0.1, -0.05) is 6.07 Å². The Morgan fingerprint density at radius 3 is 2.78 bits per heavy atom. The summed E-state index contributed by atoms with van der Waals surface area (Å²) in [5, 5.41) is 3.85. The highest BCUT2D eigenvalue weighted by Gasteiger charge is 2.30. The van der Waals surface area contributed by atoms with Crippen molar-refractivity contribution in [2.75, 3.05) is 6.61 Å². The van der Waals surface area contributed by atoms with Crippen LogP contribution in [0.15, 0.2) is 36.9 Å². The number of halogens is 3. The molecule has 1 aromatic heterocycles. The van der Waals surface area contributed by atoms with Crippen LogP contribution in [0.25, 0.3) is 0 Å². The van der Waals surface area contributed by atoms with Crippen molar-refractivity contribution in [3.05, 3.63) is 42.5 Å². The molecule has 0 saturated heterocycles. The lowest BCUT2D eigenvalue weighted by atomic mass is 10.2. The van der Waals surface area contributed by atoms with Gasteiger partial charge in [-0.2, -0.15) is 18.3 Å². The van der Waals surface area contributed by atoms with Crippen LogP contribution in [0.2, 0.25) is 0 Å². The third kappa shape index (κ3) is 3.22. The molecule has 0 saturated carbocycles. The molecule has 2 aromatic rings. The molecule has 0 aliphatic heterocycles. The van der Waals surface area contributed by atoms with Gasteiger partial charge < -0.3 is 4.74 Å². The van der Waals surface area contributed by atoms with Crippen molar-refractivity contribution in [2.45, 2.75) is 12.7 Å². The minimum Gasteiger partial charge on any atom is -0.492 e. The lowest BCUT2D eigenvalue weighted by Crippen LogP contribution is -2.09. The summed E-state index contributed by atoms with van der Waals surface area (Å²) in [6.45, 7) is 0.654. The fourth-order valence-corrected chi connectivity index (χ4v) is 1.37. The first-order valence-corrected chi connectivity index (χ1v) is 5.18. The van der Waals surface area contributed by atoms with Crippen LogP contribution in [0.4, 0.5) is 13.2 Å². The van der Waals surface area contributed by atoms with Gasteiger partial charge in [0.15, 0.2) is 0 Å². The topological polar surface area (TPSA) is 39.9 Å². The molecule has 0 atom stereocenters. The summed E-state index contributed by atoms with van der Waals surface area (Å²) in [4.78, 5) is 3.74. The number of nitrogens with zero attached hydrogens (tertiary/aromatic N) is 3. The van der Waals surface area contributed by atoms with Gasteiger partial charge in [0.25, 0.3) is 0 Å². The Labute approximate surface area is 101 Å². The van der Waals surface area contributed by atoms with Gasteiger partial charge in [-0.15, -0.1) is 0 Å². The van der Waals surface area contributed by atoms with Gasteiger partial charge in [0.1, 0.15) is 25.0 Å². The smallest absolute Gasteiger partial charge is 0.416 e. The van der Waals surface area contributed by atoms with Gasteiger partial charge in [-0.25, -0.2) is 9.67 Å². The molecule has 1 heterocycles. The van der Waals surface area contributed by atoms with E-state index in [1.807, 2.05) is 0 Å². The minimum absolute atomic E-state index is 0.185. The van der Waals surface area contributed by atoms with E-state index in [2.05, 4.69) is 10.1 Å². The maximum absolute atomic E-state index is 12.4. The van der Waals surface area contributed by atoms with E-state index >= 15 is 0 Å². The Hall–Kier alpha value is -2.05. The lowest BCUT2D eigenvalue weighted by Gasteiger charge is -2.10. The quantitative estimate of drug-likeness (QED) is 0.844. The van der Waals surface area contributed by atoms with Crippen molar-refractivity contribution < 1.29 is 17.9 Å². The molecule has 0 N–H and O–H groups in total. The summed E-state index contributed by atoms with van der Waals surface area (Å²) in [5.74, 6) is 0.185. The molecule has 2 rings (SSSR count). The van der Waals surface area contributed by atoms with E-state index in [1.165, 1.54) is 29.5 Å². The van der Waals surface area contributed by atoms with Crippen molar-refractivity contribution in [1.29, 1.82) is 0 Å². The molecule has 0 aliphatic rings. The molecule has 0 bridgehead atoms. The second-order valence-corrected chi connectivity index (χ2v) is 3.53. The molecule has 0 spiro atoms. The summed E-state index contributed by atoms with van der Waals surface area (Å²) < 4.78 is 44.1. The van der Waals surface area contributed by atoms with E-state index in [4.69, 9.17) is 4.74 Å². The van der Waals surface area contributed by atoms with Crippen LogP contribution in [0, 0.1) is 0 Å². The normalized spacial score (nSPS) is 11.5. The molecule has 4 nitrogen and oxygen atoms in total. The van der Waals surface area contributed by atoms with Crippen molar-refractivity contribution >= 4 is 0 Å². The van der Waals surface area contributed by atoms with Crippen LogP contribution >= 0.6 is 0 Å². The highest BCUT2D eigenvalue weighted by molar-refractivity contribution is 5.30. The molecule has 18 heavy (non-hydrogen) atoms. The summed E-state index contributed by atoms with van der Waals surface area (Å²) in [7, 11) is 0. The lowest BCUT2D eigenvalue weighted by molar-refractivity contribution is -0.137. The van der Waals surface area contributed by atoms with Gasteiger partial charge in [-0.3, -0.25) is 0 Å². The van der Waals surface area contributed by atoms with E-state index in [1.54, 1.807) is 0 Å². The first-order chi connectivity index (χ1) is 8.55. The monoisotopic (exact) mass is 257 g/mol. The van der Waals surface area contributed by atoms with E-state index in [-0.39, 0.29) is 12.4 Å². The third-order valence-electron chi connectivity index (χ3n) is 2.22. The largest absolute Gasteiger partial charge is 0.492 e. The Morgan fingerprint density at radius 2 is 2.11 bits per heavy atom. The highest BCUT2D eigenvalue weighted by atomic mass is 19.4. The molecule has 0 fully saturated rings. The molecule has 96 valence electrons. The first kappa shape index (κ1) is 12.4. The van der Waals surface area contributed by atoms with E-state index < -0.39 is 11.7 Å². The van der Waals surface area contributed by atoms with Crippen molar-refractivity contribution in [2.24, 2.45) is 0 Å². The molecular formula is C11H10F3N3O. The van der Waals surface area contributed by atoms with E-state index in [0.717, 1.165) is 12.1 Å². The van der Waals surface area contributed by atoms with Gasteiger partial charge >= 0.3 is 6.18 Å². The minimum atomic E-state index is -4.36. The molecule has 7 heteroatoms. The number of rotatable bonds is 4. The number of hydrogen-bond donors (Lipinski definition) is 0. The average Bonchev–Trinajstić information content (AvgIpc) is 2.81. The van der Waals surface area contributed by atoms with Gasteiger partial charge in [0.2, 0.25) is 0 Å². The maximum Gasteiger partial charge on any atom is 0.416 e. The molecule has 0 amide bonds. The summed E-state index contributed by atoms with van der Waals surface area (Å²) in [6, 6.07) is 4.77. The standard InChI is InChI=1S/C11H10F3N3O/c12-11(13,14)9-2-1-3-10(6-9)18-5-4-17-8-15-7-16-17/h1-3,6-8H,4-5H2. The zero-order valence-corrected chi connectivity index (χ0v) is 9.26. The Kier molecular flexibility index (Phi) is 3.50. The maximum atomic E-state index is 12.4. The van der Waals surface area contributed by atoms with Crippen molar-refractivity contribution in [1.82, 2.24) is 14.8 Å².